The van der Waals surface area contributed by atoms with Crippen LogP contribution in [0.25, 0.3) is 0 Å². The molecule has 10 heteroatoms. The molecule has 5 nitrogen and oxygen atoms in total. The number of benzene rings is 1. The minimum Gasteiger partial charge on any atom is -0.494 e. The Morgan fingerprint density at radius 2 is 1.97 bits per heavy atom. The third kappa shape index (κ3) is 10.9. The quantitative estimate of drug-likeness (QED) is 0.167. The van der Waals surface area contributed by atoms with E-state index in [0.29, 0.717) is 50.9 Å². The van der Waals surface area contributed by atoms with Crippen LogP contribution in [-0.2, 0) is 0 Å². The average Bonchev–Trinajstić information content (AvgIpc) is 3.04. The predicted molar refractivity (Wildman–Crippen MR) is 117 cm³/mol. The SMILES string of the molecule is CCNC(=NCCCCOc1ccc(F)cc1)NC1CCN(CC(F)(F)F)C1.I. The van der Waals surface area contributed by atoms with Crippen LogP contribution in [0.1, 0.15) is 26.2 Å². The minimum atomic E-state index is -4.16. The zero-order valence-corrected chi connectivity index (χ0v) is 18.8. The van der Waals surface area contributed by atoms with Crippen molar-refractivity contribution in [1.82, 2.24) is 15.5 Å². The molecule has 166 valence electrons. The number of likely N-dealkylation sites (tertiary alicyclic amines) is 1. The molecule has 1 heterocycles. The van der Waals surface area contributed by atoms with Gasteiger partial charge in [0.2, 0.25) is 0 Å². The van der Waals surface area contributed by atoms with Gasteiger partial charge in [-0.1, -0.05) is 0 Å². The average molecular weight is 532 g/mol. The number of halogens is 5. The van der Waals surface area contributed by atoms with Crippen LogP contribution in [0.5, 0.6) is 5.75 Å². The highest BCUT2D eigenvalue weighted by Gasteiger charge is 2.34. The Hall–Kier alpha value is -1.30. The van der Waals surface area contributed by atoms with Crippen LogP contribution in [0.15, 0.2) is 29.3 Å². The second-order valence-electron chi connectivity index (χ2n) is 6.75. The number of hydrogen-bond acceptors (Lipinski definition) is 3. The Bertz CT molecular complexity index is 613. The molecule has 0 aliphatic carbocycles. The van der Waals surface area contributed by atoms with Crippen molar-refractivity contribution in [2.75, 3.05) is 39.3 Å². The Kier molecular flexibility index (Phi) is 11.6. The summed E-state index contributed by atoms with van der Waals surface area (Å²) < 4.78 is 55.8. The van der Waals surface area contributed by atoms with Crippen LogP contribution >= 0.6 is 24.0 Å². The largest absolute Gasteiger partial charge is 0.494 e. The van der Waals surface area contributed by atoms with Gasteiger partial charge in [0.25, 0.3) is 0 Å². The molecule has 1 unspecified atom stereocenters. The first-order valence-electron chi connectivity index (χ1n) is 9.58. The number of aliphatic imine (C=N–C) groups is 1. The van der Waals surface area contributed by atoms with E-state index < -0.39 is 12.7 Å². The molecular weight excluding hydrogens is 503 g/mol. The van der Waals surface area contributed by atoms with Crippen molar-refractivity contribution in [3.8, 4) is 5.75 Å². The molecule has 1 aromatic carbocycles. The van der Waals surface area contributed by atoms with Crippen LogP contribution < -0.4 is 15.4 Å². The van der Waals surface area contributed by atoms with Gasteiger partial charge in [0.05, 0.1) is 13.2 Å². The summed E-state index contributed by atoms with van der Waals surface area (Å²) >= 11 is 0. The first-order valence-corrected chi connectivity index (χ1v) is 9.58. The lowest BCUT2D eigenvalue weighted by atomic mass is 10.3. The second kappa shape index (κ2) is 13.1. The maximum atomic E-state index is 12.8. The number of nitrogens with zero attached hydrogens (tertiary/aromatic N) is 2. The molecule has 1 saturated heterocycles. The lowest BCUT2D eigenvalue weighted by molar-refractivity contribution is -0.143. The number of rotatable bonds is 9. The summed E-state index contributed by atoms with van der Waals surface area (Å²) in [5, 5.41) is 6.34. The van der Waals surface area contributed by atoms with Crippen molar-refractivity contribution in [2.24, 2.45) is 4.99 Å². The van der Waals surface area contributed by atoms with E-state index in [1.165, 1.54) is 17.0 Å². The lowest BCUT2D eigenvalue weighted by Gasteiger charge is -2.19. The smallest absolute Gasteiger partial charge is 0.401 e. The fourth-order valence-electron chi connectivity index (χ4n) is 2.99. The summed E-state index contributed by atoms with van der Waals surface area (Å²) in [6.07, 6.45) is -1.90. The molecule has 1 aromatic rings. The molecule has 2 rings (SSSR count). The molecule has 0 bridgehead atoms. The minimum absolute atomic E-state index is 0. The molecule has 1 atom stereocenters. The number of guanidine groups is 1. The van der Waals surface area contributed by atoms with Crippen LogP contribution in [0.2, 0.25) is 0 Å². The van der Waals surface area contributed by atoms with E-state index in [2.05, 4.69) is 15.6 Å². The number of alkyl halides is 3. The van der Waals surface area contributed by atoms with Crippen molar-refractivity contribution in [2.45, 2.75) is 38.4 Å². The Morgan fingerprint density at radius 3 is 2.62 bits per heavy atom. The molecule has 1 aliphatic rings. The molecule has 0 aromatic heterocycles. The van der Waals surface area contributed by atoms with E-state index in [0.717, 1.165) is 12.8 Å². The first kappa shape index (κ1) is 25.7. The molecule has 2 N–H and O–H groups in total. The van der Waals surface area contributed by atoms with Crippen LogP contribution in [0, 0.1) is 5.82 Å². The van der Waals surface area contributed by atoms with Crippen LogP contribution in [-0.4, -0.2) is 62.4 Å². The fraction of sp³-hybridized carbons (Fsp3) is 0.632. The third-order valence-corrected chi connectivity index (χ3v) is 4.27. The van der Waals surface area contributed by atoms with Gasteiger partial charge >= 0.3 is 6.18 Å². The molecule has 29 heavy (non-hydrogen) atoms. The zero-order valence-electron chi connectivity index (χ0n) is 16.5. The standard InChI is InChI=1S/C19H28F4N4O.HI/c1-2-24-18(26-16-9-11-27(13-16)14-19(21,22)23)25-10-3-4-12-28-17-7-5-15(20)6-8-17;/h5-8,16H,2-4,9-14H2,1H3,(H2,24,25,26);1H. The van der Waals surface area contributed by atoms with Gasteiger partial charge in [-0.3, -0.25) is 9.89 Å². The maximum absolute atomic E-state index is 12.8. The van der Waals surface area contributed by atoms with Gasteiger partial charge in [-0.25, -0.2) is 4.39 Å². The van der Waals surface area contributed by atoms with Crippen molar-refractivity contribution >= 4 is 29.9 Å². The van der Waals surface area contributed by atoms with Crippen LogP contribution in [0.4, 0.5) is 17.6 Å². The third-order valence-electron chi connectivity index (χ3n) is 4.27. The highest BCUT2D eigenvalue weighted by molar-refractivity contribution is 14.0. The number of ether oxygens (including phenoxy) is 1. The number of unbranched alkanes of at least 4 members (excludes halogenated alkanes) is 1. The highest BCUT2D eigenvalue weighted by Crippen LogP contribution is 2.19. The number of hydrogen-bond donors (Lipinski definition) is 2. The predicted octanol–water partition coefficient (Wildman–Crippen LogP) is 3.79. The summed E-state index contributed by atoms with van der Waals surface area (Å²) in [4.78, 5) is 5.89. The van der Waals surface area contributed by atoms with Gasteiger partial charge in [0.1, 0.15) is 11.6 Å². The Balaban J connectivity index is 0.00000420. The normalized spacial score (nSPS) is 17.7. The summed E-state index contributed by atoms with van der Waals surface area (Å²) in [7, 11) is 0. The number of nitrogens with one attached hydrogen (secondary N) is 2. The van der Waals surface area contributed by atoms with Gasteiger partial charge in [-0.2, -0.15) is 13.2 Å². The molecular formula is C19H29F4IN4O. The van der Waals surface area contributed by atoms with E-state index in [1.807, 2.05) is 6.92 Å². The van der Waals surface area contributed by atoms with E-state index in [1.54, 1.807) is 12.1 Å². The van der Waals surface area contributed by atoms with E-state index in [-0.39, 0.29) is 35.8 Å². The summed E-state index contributed by atoms with van der Waals surface area (Å²) in [6, 6.07) is 5.84. The van der Waals surface area contributed by atoms with E-state index in [4.69, 9.17) is 4.74 Å². The highest BCUT2D eigenvalue weighted by atomic mass is 127. The molecule has 0 spiro atoms. The Morgan fingerprint density at radius 1 is 1.24 bits per heavy atom. The first-order chi connectivity index (χ1) is 13.4. The lowest BCUT2D eigenvalue weighted by Crippen LogP contribution is -2.45. The van der Waals surface area contributed by atoms with Crippen molar-refractivity contribution in [3.63, 3.8) is 0 Å². The topological polar surface area (TPSA) is 48.9 Å². The van der Waals surface area contributed by atoms with Gasteiger partial charge in [0.15, 0.2) is 5.96 Å². The van der Waals surface area contributed by atoms with Gasteiger partial charge in [0, 0.05) is 32.2 Å². The summed E-state index contributed by atoms with van der Waals surface area (Å²) in [5.41, 5.74) is 0. The molecule has 1 fully saturated rings. The van der Waals surface area contributed by atoms with Crippen molar-refractivity contribution < 1.29 is 22.3 Å². The Labute approximate surface area is 186 Å². The summed E-state index contributed by atoms with van der Waals surface area (Å²) in [5.74, 6) is 0.958. The maximum Gasteiger partial charge on any atom is 0.401 e. The zero-order chi connectivity index (χ0) is 20.4. The molecule has 0 radical (unpaired) electrons. The van der Waals surface area contributed by atoms with Crippen LogP contribution in [0.3, 0.4) is 0 Å². The van der Waals surface area contributed by atoms with Crippen molar-refractivity contribution in [1.29, 1.82) is 0 Å². The van der Waals surface area contributed by atoms with E-state index in [9.17, 15) is 17.6 Å². The van der Waals surface area contributed by atoms with E-state index >= 15 is 0 Å². The van der Waals surface area contributed by atoms with Crippen molar-refractivity contribution in [3.05, 3.63) is 30.1 Å². The molecule has 0 saturated carbocycles. The summed E-state index contributed by atoms with van der Waals surface area (Å²) in [6.45, 7) is 3.64. The van der Waals surface area contributed by atoms with Gasteiger partial charge < -0.3 is 15.4 Å². The molecule has 1 aliphatic heterocycles. The van der Waals surface area contributed by atoms with Gasteiger partial charge in [-0.15, -0.1) is 24.0 Å². The second-order valence-corrected chi connectivity index (χ2v) is 6.75. The fourth-order valence-corrected chi connectivity index (χ4v) is 2.99. The van der Waals surface area contributed by atoms with Gasteiger partial charge in [-0.05, 0) is 50.5 Å². The molecule has 0 amide bonds. The monoisotopic (exact) mass is 532 g/mol.